The Morgan fingerprint density at radius 3 is 2.44 bits per heavy atom. The first kappa shape index (κ1) is 16.2. The molecule has 0 saturated carbocycles. The van der Waals surface area contributed by atoms with Crippen LogP contribution in [0.4, 0.5) is 0 Å². The molecule has 1 aromatic rings. The van der Waals surface area contributed by atoms with Gasteiger partial charge in [-0.25, -0.2) is 0 Å². The zero-order chi connectivity index (χ0) is 13.9. The zero-order valence-electron chi connectivity index (χ0n) is 10.6. The average Bonchev–Trinajstić information content (AvgIpc) is 2.23. The van der Waals surface area contributed by atoms with Gasteiger partial charge in [0.2, 0.25) is 0 Å². The van der Waals surface area contributed by atoms with Crippen molar-refractivity contribution in [2.45, 2.75) is 26.8 Å². The largest absolute Gasteiger partial charge is 0.506 e. The molecule has 0 amide bonds. The number of phenolic OH excluding ortho intramolecular Hbond substituents is 1. The van der Waals surface area contributed by atoms with Crippen molar-refractivity contribution in [1.82, 2.24) is 0 Å². The van der Waals surface area contributed by atoms with E-state index in [9.17, 15) is 10.2 Å². The Kier molecular flexibility index (Phi) is 5.85. The predicted molar refractivity (Wildman–Crippen MR) is 91.5 cm³/mol. The Balaban J connectivity index is 3.04. The molecule has 0 spiro atoms. The minimum atomic E-state index is -0.174. The molecular weight excluding hydrogens is 456 g/mol. The Labute approximate surface area is 135 Å². The first-order valence-electron chi connectivity index (χ1n) is 5.57. The van der Waals surface area contributed by atoms with Gasteiger partial charge in [-0.2, -0.15) is 0 Å². The lowest BCUT2D eigenvalue weighted by atomic mass is 9.88. The molecule has 1 aromatic carbocycles. The summed E-state index contributed by atoms with van der Waals surface area (Å²) in [6.45, 7) is 6.10. The van der Waals surface area contributed by atoms with Crippen molar-refractivity contribution in [2.75, 3.05) is 6.61 Å². The Morgan fingerprint density at radius 1 is 1.33 bits per heavy atom. The van der Waals surface area contributed by atoms with Crippen LogP contribution >= 0.6 is 45.2 Å². The number of rotatable bonds is 3. The van der Waals surface area contributed by atoms with Crippen LogP contribution in [0.15, 0.2) is 17.1 Å². The molecule has 100 valence electrons. The minimum absolute atomic E-state index is 0.00177. The van der Waals surface area contributed by atoms with Crippen LogP contribution in [0.25, 0.3) is 0 Å². The highest BCUT2D eigenvalue weighted by molar-refractivity contribution is 14.1. The molecule has 1 rings (SSSR count). The topological polar surface area (TPSA) is 52.8 Å². The van der Waals surface area contributed by atoms with E-state index < -0.39 is 0 Å². The maximum atomic E-state index is 9.95. The molecule has 0 aromatic heterocycles. The summed E-state index contributed by atoms with van der Waals surface area (Å²) in [5, 5.41) is 19.3. The number of hydrogen-bond acceptors (Lipinski definition) is 3. The molecule has 0 fully saturated rings. The molecule has 0 aliphatic rings. The second-order valence-corrected chi connectivity index (χ2v) is 7.58. The molecule has 0 bridgehead atoms. The third kappa shape index (κ3) is 4.34. The molecule has 3 nitrogen and oxygen atoms in total. The normalized spacial score (nSPS) is 14.1. The third-order valence-electron chi connectivity index (χ3n) is 2.62. The van der Waals surface area contributed by atoms with Gasteiger partial charge in [-0.3, -0.25) is 4.99 Å². The molecule has 1 atom stereocenters. The molecule has 18 heavy (non-hydrogen) atoms. The second-order valence-electron chi connectivity index (χ2n) is 5.17. The lowest BCUT2D eigenvalue weighted by molar-refractivity contribution is 0.191. The van der Waals surface area contributed by atoms with Gasteiger partial charge in [-0.05, 0) is 62.7 Å². The molecule has 2 N–H and O–H groups in total. The number of benzene rings is 1. The summed E-state index contributed by atoms with van der Waals surface area (Å²) in [6, 6.07) is 3.60. The van der Waals surface area contributed by atoms with E-state index in [1.165, 1.54) is 0 Å². The lowest BCUT2D eigenvalue weighted by Crippen LogP contribution is -2.28. The summed E-state index contributed by atoms with van der Waals surface area (Å²) in [7, 11) is 0. The molecule has 5 heteroatoms. The van der Waals surface area contributed by atoms with Crippen LogP contribution in [0.1, 0.15) is 26.3 Å². The fourth-order valence-corrected chi connectivity index (χ4v) is 3.29. The maximum absolute atomic E-state index is 9.95. The van der Waals surface area contributed by atoms with E-state index in [1.54, 1.807) is 6.21 Å². The van der Waals surface area contributed by atoms with Crippen LogP contribution in [0.2, 0.25) is 0 Å². The van der Waals surface area contributed by atoms with Gasteiger partial charge in [0.1, 0.15) is 5.75 Å². The Morgan fingerprint density at radius 2 is 1.94 bits per heavy atom. The van der Waals surface area contributed by atoms with Crippen molar-refractivity contribution in [3.63, 3.8) is 0 Å². The van der Waals surface area contributed by atoms with Crippen LogP contribution in [0.5, 0.6) is 5.75 Å². The van der Waals surface area contributed by atoms with Crippen molar-refractivity contribution < 1.29 is 10.2 Å². The smallest absolute Gasteiger partial charge is 0.137 e. The Bertz CT molecular complexity index is 453. The van der Waals surface area contributed by atoms with Gasteiger partial charge >= 0.3 is 0 Å². The number of phenols is 1. The van der Waals surface area contributed by atoms with Gasteiger partial charge in [0.25, 0.3) is 0 Å². The number of aliphatic imine (C=N–C) groups is 1. The molecule has 0 aliphatic heterocycles. The number of hydrogen-bond donors (Lipinski definition) is 2. The van der Waals surface area contributed by atoms with Crippen molar-refractivity contribution in [3.8, 4) is 5.75 Å². The van der Waals surface area contributed by atoms with Gasteiger partial charge in [0.05, 0.1) is 16.2 Å². The van der Waals surface area contributed by atoms with Crippen LogP contribution in [0, 0.1) is 12.6 Å². The monoisotopic (exact) mass is 473 g/mol. The van der Waals surface area contributed by atoms with Crippen molar-refractivity contribution >= 4 is 51.4 Å². The highest BCUT2D eigenvalue weighted by Gasteiger charge is 2.22. The third-order valence-corrected chi connectivity index (χ3v) is 4.07. The first-order chi connectivity index (χ1) is 8.25. The van der Waals surface area contributed by atoms with Gasteiger partial charge in [0.15, 0.2) is 0 Å². The summed E-state index contributed by atoms with van der Waals surface area (Å²) in [5.41, 5.74) is 0.588. The van der Waals surface area contributed by atoms with Crippen LogP contribution in [-0.4, -0.2) is 29.1 Å². The highest BCUT2D eigenvalue weighted by Crippen LogP contribution is 2.27. The highest BCUT2D eigenvalue weighted by atomic mass is 127. The fraction of sp³-hybridized carbons (Fsp3) is 0.462. The zero-order valence-corrected chi connectivity index (χ0v) is 14.9. The summed E-state index contributed by atoms with van der Waals surface area (Å²) in [5.74, 6) is 0.241. The van der Waals surface area contributed by atoms with E-state index in [1.807, 2.05) is 32.9 Å². The quantitative estimate of drug-likeness (QED) is 0.523. The summed E-state index contributed by atoms with van der Waals surface area (Å²) >= 11 is 4.30. The standard InChI is InChI=1S/C13H17I2NO2/c1-13(2,3)11(7-17)16-6-8-4-9(14)5-10(15)12(8)18/h4-6,11,17-18H,7H2,1-3H3. The summed E-state index contributed by atoms with van der Waals surface area (Å²) < 4.78 is 1.85. The maximum Gasteiger partial charge on any atom is 0.137 e. The van der Waals surface area contributed by atoms with E-state index in [0.717, 1.165) is 7.14 Å². The van der Waals surface area contributed by atoms with Gasteiger partial charge < -0.3 is 10.2 Å². The minimum Gasteiger partial charge on any atom is -0.506 e. The number of nitrogens with zero attached hydrogens (tertiary/aromatic N) is 1. The van der Waals surface area contributed by atoms with Crippen LogP contribution in [-0.2, 0) is 0 Å². The van der Waals surface area contributed by atoms with E-state index in [2.05, 4.69) is 50.2 Å². The molecule has 0 heterocycles. The number of aliphatic hydroxyl groups is 1. The van der Waals surface area contributed by atoms with E-state index in [-0.39, 0.29) is 23.8 Å². The van der Waals surface area contributed by atoms with E-state index in [0.29, 0.717) is 5.56 Å². The SMILES string of the molecule is CC(C)(C)C(CO)N=Cc1cc(I)cc(I)c1O. The van der Waals surface area contributed by atoms with E-state index in [4.69, 9.17) is 0 Å². The summed E-state index contributed by atoms with van der Waals surface area (Å²) in [6.07, 6.45) is 1.64. The van der Waals surface area contributed by atoms with Crippen LogP contribution in [0.3, 0.4) is 0 Å². The summed E-state index contributed by atoms with van der Waals surface area (Å²) in [4.78, 5) is 4.39. The lowest BCUT2D eigenvalue weighted by Gasteiger charge is -2.25. The molecule has 0 radical (unpaired) electrons. The second kappa shape index (κ2) is 6.51. The predicted octanol–water partition coefficient (Wildman–Crippen LogP) is 3.43. The van der Waals surface area contributed by atoms with Gasteiger partial charge in [-0.15, -0.1) is 0 Å². The van der Waals surface area contributed by atoms with Crippen molar-refractivity contribution in [3.05, 3.63) is 24.8 Å². The van der Waals surface area contributed by atoms with E-state index >= 15 is 0 Å². The number of aliphatic hydroxyl groups excluding tert-OH is 1. The first-order valence-corrected chi connectivity index (χ1v) is 7.73. The molecular formula is C13H17I2NO2. The van der Waals surface area contributed by atoms with Gasteiger partial charge in [0, 0.05) is 15.3 Å². The molecule has 0 aliphatic carbocycles. The van der Waals surface area contributed by atoms with Crippen LogP contribution < -0.4 is 0 Å². The van der Waals surface area contributed by atoms with Crippen molar-refractivity contribution in [1.29, 1.82) is 0 Å². The number of aromatic hydroxyl groups is 1. The average molecular weight is 473 g/mol. The molecule has 0 saturated heterocycles. The number of halogens is 2. The fourth-order valence-electron chi connectivity index (χ4n) is 1.40. The Hall–Kier alpha value is 0.110. The van der Waals surface area contributed by atoms with Gasteiger partial charge in [-0.1, -0.05) is 20.8 Å². The van der Waals surface area contributed by atoms with Crippen molar-refractivity contribution in [2.24, 2.45) is 10.4 Å². The molecule has 1 unspecified atom stereocenters.